The molecule has 1 aliphatic rings. The Labute approximate surface area is 136 Å². The zero-order valence-electron chi connectivity index (χ0n) is 13.5. The molecule has 0 bridgehead atoms. The van der Waals surface area contributed by atoms with Crippen LogP contribution in [0.4, 0.5) is 11.5 Å². The van der Waals surface area contributed by atoms with Crippen molar-refractivity contribution >= 4 is 17.4 Å². The maximum Gasteiger partial charge on any atom is 0.274 e. The van der Waals surface area contributed by atoms with Crippen LogP contribution in [0.15, 0.2) is 36.7 Å². The Bertz CT molecular complexity index is 663. The van der Waals surface area contributed by atoms with Gasteiger partial charge in [0.1, 0.15) is 17.8 Å². The van der Waals surface area contributed by atoms with Crippen LogP contribution in [0, 0.1) is 0 Å². The van der Waals surface area contributed by atoms with E-state index in [0.29, 0.717) is 5.69 Å². The van der Waals surface area contributed by atoms with E-state index in [-0.39, 0.29) is 5.91 Å². The van der Waals surface area contributed by atoms with Crippen molar-refractivity contribution in [2.24, 2.45) is 0 Å². The van der Waals surface area contributed by atoms with Crippen molar-refractivity contribution in [2.45, 2.75) is 32.6 Å². The quantitative estimate of drug-likeness (QED) is 0.941. The van der Waals surface area contributed by atoms with E-state index in [1.807, 2.05) is 24.3 Å². The van der Waals surface area contributed by atoms with E-state index in [4.69, 9.17) is 0 Å². The molecule has 0 aliphatic carbocycles. The van der Waals surface area contributed by atoms with Gasteiger partial charge < -0.3 is 10.2 Å². The molecule has 5 heteroatoms. The second-order valence-corrected chi connectivity index (χ2v) is 5.81. The molecule has 120 valence electrons. The molecular formula is C18H22N4O. The van der Waals surface area contributed by atoms with Gasteiger partial charge in [-0.1, -0.05) is 19.1 Å². The number of carbonyl (C=O) groups excluding carboxylic acids is 1. The maximum absolute atomic E-state index is 12.4. The third kappa shape index (κ3) is 3.86. The largest absolute Gasteiger partial charge is 0.357 e. The Morgan fingerprint density at radius 1 is 1.13 bits per heavy atom. The first-order valence-corrected chi connectivity index (χ1v) is 8.23. The van der Waals surface area contributed by atoms with Crippen LogP contribution < -0.4 is 10.2 Å². The highest BCUT2D eigenvalue weighted by molar-refractivity contribution is 6.03. The lowest BCUT2D eigenvalue weighted by molar-refractivity contribution is 0.102. The van der Waals surface area contributed by atoms with Crippen LogP contribution in [0.3, 0.4) is 0 Å². The van der Waals surface area contributed by atoms with Crippen LogP contribution in [-0.4, -0.2) is 29.0 Å². The molecule has 5 nitrogen and oxygen atoms in total. The monoisotopic (exact) mass is 310 g/mol. The van der Waals surface area contributed by atoms with E-state index in [0.717, 1.165) is 31.0 Å². The highest BCUT2D eigenvalue weighted by atomic mass is 16.1. The van der Waals surface area contributed by atoms with Gasteiger partial charge in [0.15, 0.2) is 0 Å². The van der Waals surface area contributed by atoms with E-state index in [9.17, 15) is 4.79 Å². The van der Waals surface area contributed by atoms with E-state index in [2.05, 4.69) is 27.1 Å². The summed E-state index contributed by atoms with van der Waals surface area (Å²) in [7, 11) is 0. The molecule has 1 aromatic carbocycles. The smallest absolute Gasteiger partial charge is 0.274 e. The Balaban J connectivity index is 1.71. The number of anilines is 2. The van der Waals surface area contributed by atoms with Crippen LogP contribution in [0.1, 0.15) is 42.2 Å². The summed E-state index contributed by atoms with van der Waals surface area (Å²) < 4.78 is 0. The topological polar surface area (TPSA) is 58.1 Å². The van der Waals surface area contributed by atoms with Crippen LogP contribution in [0.5, 0.6) is 0 Å². The number of carbonyl (C=O) groups is 1. The molecule has 1 N–H and O–H groups in total. The number of benzene rings is 1. The number of rotatable bonds is 4. The maximum atomic E-state index is 12.4. The molecule has 1 saturated heterocycles. The molecule has 2 aromatic rings. The summed E-state index contributed by atoms with van der Waals surface area (Å²) in [6.07, 6.45) is 6.08. The Morgan fingerprint density at radius 2 is 1.87 bits per heavy atom. The average Bonchev–Trinajstić information content (AvgIpc) is 2.63. The lowest BCUT2D eigenvalue weighted by Crippen LogP contribution is -2.30. The molecule has 1 fully saturated rings. The van der Waals surface area contributed by atoms with E-state index in [1.165, 1.54) is 31.2 Å². The first kappa shape index (κ1) is 15.5. The molecule has 2 heterocycles. The minimum Gasteiger partial charge on any atom is -0.357 e. The molecule has 1 aliphatic heterocycles. The number of hydrogen-bond donors (Lipinski definition) is 1. The van der Waals surface area contributed by atoms with Gasteiger partial charge in [-0.15, -0.1) is 0 Å². The third-order valence-corrected chi connectivity index (χ3v) is 4.19. The highest BCUT2D eigenvalue weighted by Crippen LogP contribution is 2.18. The van der Waals surface area contributed by atoms with Gasteiger partial charge in [0.25, 0.3) is 5.91 Å². The third-order valence-electron chi connectivity index (χ3n) is 4.19. The summed E-state index contributed by atoms with van der Waals surface area (Å²) in [5.74, 6) is 0.640. The lowest BCUT2D eigenvalue weighted by Gasteiger charge is -2.27. The standard InChI is InChI=1S/C18H22N4O/c1-2-14-6-8-15(9-7-14)21-18(23)16-12-17(20-13-19-16)22-10-4-3-5-11-22/h6-9,12-13H,2-5,10-11H2,1H3,(H,21,23). The van der Waals surface area contributed by atoms with Gasteiger partial charge in [-0.05, 0) is 43.4 Å². The second-order valence-electron chi connectivity index (χ2n) is 5.81. The number of amides is 1. The summed E-state index contributed by atoms with van der Waals surface area (Å²) >= 11 is 0. The number of nitrogens with zero attached hydrogens (tertiary/aromatic N) is 3. The molecule has 1 aromatic heterocycles. The zero-order chi connectivity index (χ0) is 16.1. The summed E-state index contributed by atoms with van der Waals surface area (Å²) in [5.41, 5.74) is 2.43. The van der Waals surface area contributed by atoms with Crippen molar-refractivity contribution in [3.8, 4) is 0 Å². The first-order chi connectivity index (χ1) is 11.3. The summed E-state index contributed by atoms with van der Waals surface area (Å²) in [6.45, 7) is 4.10. The van der Waals surface area contributed by atoms with Gasteiger partial charge in [-0.2, -0.15) is 0 Å². The van der Waals surface area contributed by atoms with Crippen molar-refractivity contribution < 1.29 is 4.79 Å². The molecule has 1 amide bonds. The van der Waals surface area contributed by atoms with E-state index >= 15 is 0 Å². The van der Waals surface area contributed by atoms with E-state index < -0.39 is 0 Å². The predicted octanol–water partition coefficient (Wildman–Crippen LogP) is 3.28. The molecule has 0 unspecified atom stereocenters. The van der Waals surface area contributed by atoms with Crippen LogP contribution >= 0.6 is 0 Å². The van der Waals surface area contributed by atoms with Crippen LogP contribution in [0.25, 0.3) is 0 Å². The minimum atomic E-state index is -0.199. The fourth-order valence-electron chi connectivity index (χ4n) is 2.79. The number of aryl methyl sites for hydroxylation is 1. The van der Waals surface area contributed by atoms with Gasteiger partial charge >= 0.3 is 0 Å². The van der Waals surface area contributed by atoms with Crippen LogP contribution in [0.2, 0.25) is 0 Å². The van der Waals surface area contributed by atoms with Crippen LogP contribution in [-0.2, 0) is 6.42 Å². The summed E-state index contributed by atoms with van der Waals surface area (Å²) in [6, 6.07) is 9.66. The number of piperidine rings is 1. The molecule has 0 saturated carbocycles. The molecule has 23 heavy (non-hydrogen) atoms. The fourth-order valence-corrected chi connectivity index (χ4v) is 2.79. The van der Waals surface area contributed by atoms with Crippen molar-refractivity contribution in [2.75, 3.05) is 23.3 Å². The van der Waals surface area contributed by atoms with Crippen molar-refractivity contribution in [3.05, 3.63) is 47.9 Å². The average molecular weight is 310 g/mol. The second kappa shape index (κ2) is 7.22. The molecule has 0 radical (unpaired) electrons. The fraction of sp³-hybridized carbons (Fsp3) is 0.389. The Morgan fingerprint density at radius 3 is 2.57 bits per heavy atom. The number of hydrogen-bond acceptors (Lipinski definition) is 4. The summed E-state index contributed by atoms with van der Waals surface area (Å²) in [5, 5.41) is 2.89. The molecular weight excluding hydrogens is 288 g/mol. The molecule has 0 spiro atoms. The van der Waals surface area contributed by atoms with Crippen molar-refractivity contribution in [3.63, 3.8) is 0 Å². The van der Waals surface area contributed by atoms with Gasteiger partial charge in [0.05, 0.1) is 0 Å². The van der Waals surface area contributed by atoms with Crippen molar-refractivity contribution in [1.29, 1.82) is 0 Å². The minimum absolute atomic E-state index is 0.199. The predicted molar refractivity (Wildman–Crippen MR) is 91.9 cm³/mol. The summed E-state index contributed by atoms with van der Waals surface area (Å²) in [4.78, 5) is 23.0. The van der Waals surface area contributed by atoms with Gasteiger partial charge in [0.2, 0.25) is 0 Å². The number of nitrogens with one attached hydrogen (secondary N) is 1. The van der Waals surface area contributed by atoms with Gasteiger partial charge in [-0.25, -0.2) is 9.97 Å². The van der Waals surface area contributed by atoms with Gasteiger partial charge in [0, 0.05) is 24.8 Å². The number of aromatic nitrogens is 2. The van der Waals surface area contributed by atoms with Crippen molar-refractivity contribution in [1.82, 2.24) is 9.97 Å². The van der Waals surface area contributed by atoms with E-state index in [1.54, 1.807) is 6.07 Å². The lowest BCUT2D eigenvalue weighted by atomic mass is 10.1. The Kier molecular flexibility index (Phi) is 4.86. The SMILES string of the molecule is CCc1ccc(NC(=O)c2cc(N3CCCCC3)ncn2)cc1. The zero-order valence-corrected chi connectivity index (χ0v) is 13.5. The Hall–Kier alpha value is -2.43. The highest BCUT2D eigenvalue weighted by Gasteiger charge is 2.15. The normalized spacial score (nSPS) is 14.6. The van der Waals surface area contributed by atoms with Gasteiger partial charge in [-0.3, -0.25) is 4.79 Å². The first-order valence-electron chi connectivity index (χ1n) is 8.23. The molecule has 0 atom stereocenters. The molecule has 3 rings (SSSR count).